The number of rotatable bonds is 10. The van der Waals surface area contributed by atoms with Gasteiger partial charge >= 0.3 is 0 Å². The molecule has 0 unspecified atom stereocenters. The normalized spacial score (nSPS) is 11.6. The van der Waals surface area contributed by atoms with E-state index in [0.717, 1.165) is 0 Å². The zero-order valence-electron chi connectivity index (χ0n) is 11.3. The molecule has 0 atom stereocenters. The van der Waals surface area contributed by atoms with Crippen molar-refractivity contribution in [3.8, 4) is 0 Å². The molecule has 0 aliphatic carbocycles. The SMILES string of the molecule is CCCN(C)CCCCCN(CC)CC. The lowest BCUT2D eigenvalue weighted by molar-refractivity contribution is 0.285. The standard InChI is InChI=1S/C13H30N2/c1-5-11-14(4)12-9-8-10-13-15(6-2)7-3/h5-13H2,1-4H3. The van der Waals surface area contributed by atoms with Crippen molar-refractivity contribution in [1.82, 2.24) is 9.80 Å². The molecule has 0 aromatic carbocycles. The van der Waals surface area contributed by atoms with Gasteiger partial charge in [-0.05, 0) is 59.0 Å². The molecule has 0 N–H and O–H groups in total. The molecule has 0 aromatic rings. The van der Waals surface area contributed by atoms with Crippen LogP contribution in [0, 0.1) is 0 Å². The maximum Gasteiger partial charge on any atom is -0.00190 e. The van der Waals surface area contributed by atoms with Crippen molar-refractivity contribution in [3.63, 3.8) is 0 Å². The van der Waals surface area contributed by atoms with Gasteiger partial charge in [-0.1, -0.05) is 27.2 Å². The van der Waals surface area contributed by atoms with E-state index in [1.165, 1.54) is 58.4 Å². The molecule has 2 heteroatoms. The lowest BCUT2D eigenvalue weighted by atomic mass is 10.2. The summed E-state index contributed by atoms with van der Waals surface area (Å²) in [5.41, 5.74) is 0. The Bertz CT molecular complexity index is 122. The lowest BCUT2D eigenvalue weighted by Gasteiger charge is -2.18. The monoisotopic (exact) mass is 214 g/mol. The molecule has 0 bridgehead atoms. The summed E-state index contributed by atoms with van der Waals surface area (Å²) in [7, 11) is 2.23. The average molecular weight is 214 g/mol. The fraction of sp³-hybridized carbons (Fsp3) is 1.00. The minimum atomic E-state index is 1.20. The highest BCUT2D eigenvalue weighted by atomic mass is 15.1. The van der Waals surface area contributed by atoms with Crippen LogP contribution in [0.15, 0.2) is 0 Å². The summed E-state index contributed by atoms with van der Waals surface area (Å²) < 4.78 is 0. The van der Waals surface area contributed by atoms with Gasteiger partial charge < -0.3 is 9.80 Å². The second-order valence-electron chi connectivity index (χ2n) is 4.39. The first kappa shape index (κ1) is 14.9. The molecule has 0 aliphatic heterocycles. The van der Waals surface area contributed by atoms with Crippen LogP contribution in [0.25, 0.3) is 0 Å². The Morgan fingerprint density at radius 1 is 0.733 bits per heavy atom. The number of hydrogen-bond acceptors (Lipinski definition) is 2. The summed E-state index contributed by atoms with van der Waals surface area (Å²) >= 11 is 0. The molecule has 0 amide bonds. The van der Waals surface area contributed by atoms with E-state index in [1.807, 2.05) is 0 Å². The van der Waals surface area contributed by atoms with Gasteiger partial charge in [-0.2, -0.15) is 0 Å². The van der Waals surface area contributed by atoms with Crippen LogP contribution >= 0.6 is 0 Å². The molecule has 0 radical (unpaired) electrons. The van der Waals surface area contributed by atoms with E-state index in [4.69, 9.17) is 0 Å². The summed E-state index contributed by atoms with van der Waals surface area (Å²) in [4.78, 5) is 4.95. The van der Waals surface area contributed by atoms with Crippen molar-refractivity contribution < 1.29 is 0 Å². The predicted molar refractivity (Wildman–Crippen MR) is 69.4 cm³/mol. The third kappa shape index (κ3) is 8.88. The Kier molecular flexibility index (Phi) is 10.4. The number of unbranched alkanes of at least 4 members (excludes halogenated alkanes) is 2. The van der Waals surface area contributed by atoms with Crippen LogP contribution < -0.4 is 0 Å². The van der Waals surface area contributed by atoms with E-state index in [9.17, 15) is 0 Å². The fourth-order valence-corrected chi connectivity index (χ4v) is 1.93. The molecule has 92 valence electrons. The van der Waals surface area contributed by atoms with Crippen LogP contribution in [0.3, 0.4) is 0 Å². The van der Waals surface area contributed by atoms with Crippen LogP contribution in [0.5, 0.6) is 0 Å². The van der Waals surface area contributed by atoms with E-state index in [1.54, 1.807) is 0 Å². The van der Waals surface area contributed by atoms with Crippen molar-refractivity contribution in [2.45, 2.75) is 46.5 Å². The van der Waals surface area contributed by atoms with Crippen LogP contribution in [0.4, 0.5) is 0 Å². The Morgan fingerprint density at radius 3 is 1.87 bits per heavy atom. The van der Waals surface area contributed by atoms with Gasteiger partial charge in [0.1, 0.15) is 0 Å². The van der Waals surface area contributed by atoms with Crippen LogP contribution in [0.1, 0.15) is 46.5 Å². The first-order valence-electron chi connectivity index (χ1n) is 6.65. The third-order valence-corrected chi connectivity index (χ3v) is 3.01. The van der Waals surface area contributed by atoms with Crippen LogP contribution in [-0.2, 0) is 0 Å². The van der Waals surface area contributed by atoms with Gasteiger partial charge in [0, 0.05) is 0 Å². The molecule has 0 rings (SSSR count). The van der Waals surface area contributed by atoms with Gasteiger partial charge in [-0.3, -0.25) is 0 Å². The molecule has 0 spiro atoms. The van der Waals surface area contributed by atoms with Crippen molar-refractivity contribution >= 4 is 0 Å². The van der Waals surface area contributed by atoms with Crippen molar-refractivity contribution in [2.24, 2.45) is 0 Å². The topological polar surface area (TPSA) is 6.48 Å². The Balaban J connectivity index is 3.23. The third-order valence-electron chi connectivity index (χ3n) is 3.01. The van der Waals surface area contributed by atoms with Crippen molar-refractivity contribution in [3.05, 3.63) is 0 Å². The summed E-state index contributed by atoms with van der Waals surface area (Å²) in [5.74, 6) is 0. The zero-order chi connectivity index (χ0) is 11.5. The molecule has 15 heavy (non-hydrogen) atoms. The second-order valence-corrected chi connectivity index (χ2v) is 4.39. The Morgan fingerprint density at radius 2 is 1.33 bits per heavy atom. The molecule has 0 heterocycles. The van der Waals surface area contributed by atoms with E-state index in [-0.39, 0.29) is 0 Å². The minimum Gasteiger partial charge on any atom is -0.306 e. The van der Waals surface area contributed by atoms with E-state index < -0.39 is 0 Å². The van der Waals surface area contributed by atoms with Crippen LogP contribution in [-0.4, -0.2) is 49.6 Å². The molecule has 0 fully saturated rings. The molecular weight excluding hydrogens is 184 g/mol. The van der Waals surface area contributed by atoms with Crippen molar-refractivity contribution in [2.75, 3.05) is 39.8 Å². The van der Waals surface area contributed by atoms with Crippen molar-refractivity contribution in [1.29, 1.82) is 0 Å². The number of hydrogen-bond donors (Lipinski definition) is 0. The van der Waals surface area contributed by atoms with Gasteiger partial charge in [0.2, 0.25) is 0 Å². The van der Waals surface area contributed by atoms with Gasteiger partial charge in [0.25, 0.3) is 0 Å². The first-order valence-corrected chi connectivity index (χ1v) is 6.65. The molecule has 0 saturated heterocycles. The molecule has 0 aliphatic rings. The number of nitrogens with zero attached hydrogens (tertiary/aromatic N) is 2. The fourth-order valence-electron chi connectivity index (χ4n) is 1.93. The maximum atomic E-state index is 2.51. The molecule has 2 nitrogen and oxygen atoms in total. The first-order chi connectivity index (χ1) is 7.24. The molecule has 0 saturated carbocycles. The highest BCUT2D eigenvalue weighted by Crippen LogP contribution is 2.00. The largest absolute Gasteiger partial charge is 0.306 e. The molecular formula is C13H30N2. The Labute approximate surface area is 96.6 Å². The summed E-state index contributed by atoms with van der Waals surface area (Å²) in [5, 5.41) is 0. The lowest BCUT2D eigenvalue weighted by Crippen LogP contribution is -2.24. The highest BCUT2D eigenvalue weighted by molar-refractivity contribution is 4.55. The minimum absolute atomic E-state index is 1.20. The summed E-state index contributed by atoms with van der Waals surface area (Å²) in [6.45, 7) is 12.9. The van der Waals surface area contributed by atoms with E-state index in [2.05, 4.69) is 37.6 Å². The second kappa shape index (κ2) is 10.4. The average Bonchev–Trinajstić information content (AvgIpc) is 2.24. The maximum absolute atomic E-state index is 2.51. The van der Waals surface area contributed by atoms with Gasteiger partial charge in [-0.25, -0.2) is 0 Å². The zero-order valence-corrected chi connectivity index (χ0v) is 11.3. The van der Waals surface area contributed by atoms with Crippen LogP contribution in [0.2, 0.25) is 0 Å². The van der Waals surface area contributed by atoms with Gasteiger partial charge in [0.15, 0.2) is 0 Å². The van der Waals surface area contributed by atoms with E-state index in [0.29, 0.717) is 0 Å². The smallest absolute Gasteiger partial charge is 0.00190 e. The highest BCUT2D eigenvalue weighted by Gasteiger charge is 1.99. The Hall–Kier alpha value is -0.0800. The molecule has 0 aromatic heterocycles. The quantitative estimate of drug-likeness (QED) is 0.516. The van der Waals surface area contributed by atoms with Gasteiger partial charge in [0.05, 0.1) is 0 Å². The van der Waals surface area contributed by atoms with E-state index >= 15 is 0 Å². The van der Waals surface area contributed by atoms with Gasteiger partial charge in [-0.15, -0.1) is 0 Å². The summed E-state index contributed by atoms with van der Waals surface area (Å²) in [6, 6.07) is 0. The summed E-state index contributed by atoms with van der Waals surface area (Å²) in [6.07, 6.45) is 5.37. The predicted octanol–water partition coefficient (Wildman–Crippen LogP) is 2.84.